The van der Waals surface area contributed by atoms with E-state index in [9.17, 15) is 18.0 Å². The van der Waals surface area contributed by atoms with Crippen molar-refractivity contribution < 1.29 is 27.5 Å². The van der Waals surface area contributed by atoms with Gasteiger partial charge in [0.05, 0.1) is 17.7 Å². The van der Waals surface area contributed by atoms with Crippen molar-refractivity contribution in [2.45, 2.75) is 17.9 Å². The summed E-state index contributed by atoms with van der Waals surface area (Å²) in [6, 6.07) is 20.7. The molecule has 0 aromatic heterocycles. The minimum Gasteiger partial charge on any atom is -0.495 e. The first kappa shape index (κ1) is 23.6. The highest BCUT2D eigenvalue weighted by atomic mass is 32.2. The zero-order valence-electron chi connectivity index (χ0n) is 17.9. The van der Waals surface area contributed by atoms with Crippen molar-refractivity contribution in [3.05, 3.63) is 84.4 Å². The average Bonchev–Trinajstić information content (AvgIpc) is 2.83. The molecule has 3 rings (SSSR count). The van der Waals surface area contributed by atoms with E-state index in [0.717, 1.165) is 0 Å². The monoisotopic (exact) mass is 469 g/mol. The molecule has 1 atom stereocenters. The third-order valence-corrected chi connectivity index (χ3v) is 5.85. The first-order valence-electron chi connectivity index (χ1n) is 9.88. The second kappa shape index (κ2) is 10.5. The van der Waals surface area contributed by atoms with E-state index >= 15 is 0 Å². The number of sulfonamides is 1. The first-order chi connectivity index (χ1) is 15.8. The van der Waals surface area contributed by atoms with Crippen molar-refractivity contribution in [1.29, 1.82) is 0 Å². The number of carbonyl (C=O) groups is 2. The molecule has 3 aromatic carbocycles. The Bertz CT molecular complexity index is 1230. The third kappa shape index (κ3) is 6.23. The van der Waals surface area contributed by atoms with Gasteiger partial charge in [-0.1, -0.05) is 36.4 Å². The number of hydrogen-bond acceptors (Lipinski definition) is 6. The normalized spacial score (nSPS) is 11.7. The van der Waals surface area contributed by atoms with E-state index in [1.807, 2.05) is 6.07 Å². The molecule has 3 aromatic rings. The summed E-state index contributed by atoms with van der Waals surface area (Å²) in [4.78, 5) is 24.5. The van der Waals surface area contributed by atoms with Crippen LogP contribution in [0.15, 0.2) is 83.8 Å². The molecule has 0 heterocycles. The molecule has 0 fully saturated rings. The molecule has 33 heavy (non-hydrogen) atoms. The van der Waals surface area contributed by atoms with Gasteiger partial charge in [-0.05, 0) is 49.4 Å². The maximum atomic E-state index is 12.8. The number of rotatable bonds is 8. The lowest BCUT2D eigenvalue weighted by Gasteiger charge is -2.15. The van der Waals surface area contributed by atoms with E-state index in [-0.39, 0.29) is 16.1 Å². The summed E-state index contributed by atoms with van der Waals surface area (Å²) >= 11 is 0. The van der Waals surface area contributed by atoms with Gasteiger partial charge in [0.2, 0.25) is 0 Å². The van der Waals surface area contributed by atoms with E-state index in [4.69, 9.17) is 9.47 Å². The Kier molecular flexibility index (Phi) is 7.52. The lowest BCUT2D eigenvalue weighted by Crippen LogP contribution is -2.47. The van der Waals surface area contributed by atoms with Crippen molar-refractivity contribution in [2.24, 2.45) is 0 Å². The molecule has 0 spiro atoms. The van der Waals surface area contributed by atoms with Gasteiger partial charge in [0.25, 0.3) is 21.8 Å². The van der Waals surface area contributed by atoms with Crippen LogP contribution in [0.4, 0.5) is 5.69 Å². The Morgan fingerprint density at radius 2 is 1.58 bits per heavy atom. The number of amides is 2. The number of anilines is 1. The zero-order chi connectivity index (χ0) is 23.8. The van der Waals surface area contributed by atoms with Gasteiger partial charge in [-0.3, -0.25) is 25.2 Å². The summed E-state index contributed by atoms with van der Waals surface area (Å²) < 4.78 is 38.7. The lowest BCUT2D eigenvalue weighted by atomic mass is 10.2. The zero-order valence-corrected chi connectivity index (χ0v) is 18.8. The number of para-hydroxylation sites is 3. The van der Waals surface area contributed by atoms with Gasteiger partial charge in [0.15, 0.2) is 6.10 Å². The van der Waals surface area contributed by atoms with Crippen molar-refractivity contribution >= 4 is 27.5 Å². The Morgan fingerprint density at radius 3 is 2.30 bits per heavy atom. The van der Waals surface area contributed by atoms with Crippen LogP contribution in [0.3, 0.4) is 0 Å². The molecule has 1 unspecified atom stereocenters. The fourth-order valence-electron chi connectivity index (χ4n) is 2.79. The summed E-state index contributed by atoms with van der Waals surface area (Å²) in [7, 11) is -2.57. The number of hydrogen-bond donors (Lipinski definition) is 3. The number of carbonyl (C=O) groups excluding carboxylic acids is 2. The molecule has 3 N–H and O–H groups in total. The van der Waals surface area contributed by atoms with Crippen LogP contribution in [0.5, 0.6) is 11.5 Å². The standard InChI is InChI=1S/C23H23N3O6S/c1-16(32-18-10-4-3-5-11-18)22(27)24-25-23(28)17-9-8-12-19(15-17)33(29,30)26-20-13-6-7-14-21(20)31-2/h3-16,26H,1-2H3,(H,24,27)(H,25,28). The summed E-state index contributed by atoms with van der Waals surface area (Å²) in [6.45, 7) is 1.53. The average molecular weight is 470 g/mol. The predicted octanol–water partition coefficient (Wildman–Crippen LogP) is 2.72. The Morgan fingerprint density at radius 1 is 0.879 bits per heavy atom. The fraction of sp³-hybridized carbons (Fsp3) is 0.130. The molecule has 0 saturated heterocycles. The van der Waals surface area contributed by atoms with Crippen molar-refractivity contribution in [3.63, 3.8) is 0 Å². The Hall–Kier alpha value is -4.05. The van der Waals surface area contributed by atoms with Crippen LogP contribution in [0, 0.1) is 0 Å². The van der Waals surface area contributed by atoms with Gasteiger partial charge in [0, 0.05) is 5.56 Å². The number of hydrazine groups is 1. The fourth-order valence-corrected chi connectivity index (χ4v) is 3.90. The van der Waals surface area contributed by atoms with Gasteiger partial charge in [-0.2, -0.15) is 0 Å². The van der Waals surface area contributed by atoms with Gasteiger partial charge >= 0.3 is 0 Å². The molecule has 0 aliphatic carbocycles. The van der Waals surface area contributed by atoms with Crippen LogP contribution in [-0.4, -0.2) is 33.4 Å². The van der Waals surface area contributed by atoms with Crippen LogP contribution in [0.25, 0.3) is 0 Å². The highest BCUT2D eigenvalue weighted by molar-refractivity contribution is 7.92. The van der Waals surface area contributed by atoms with E-state index < -0.39 is 27.9 Å². The smallest absolute Gasteiger partial charge is 0.279 e. The van der Waals surface area contributed by atoms with E-state index in [0.29, 0.717) is 11.5 Å². The minimum absolute atomic E-state index is 0.0369. The first-order valence-corrected chi connectivity index (χ1v) is 11.4. The molecular weight excluding hydrogens is 446 g/mol. The van der Waals surface area contributed by atoms with Crippen LogP contribution in [0.1, 0.15) is 17.3 Å². The minimum atomic E-state index is -4.00. The van der Waals surface area contributed by atoms with Gasteiger partial charge in [-0.25, -0.2) is 8.42 Å². The maximum absolute atomic E-state index is 12.8. The number of benzene rings is 3. The van der Waals surface area contributed by atoms with Gasteiger partial charge < -0.3 is 9.47 Å². The molecule has 10 heteroatoms. The van der Waals surface area contributed by atoms with Crippen molar-refractivity contribution in [2.75, 3.05) is 11.8 Å². The van der Waals surface area contributed by atoms with Gasteiger partial charge in [-0.15, -0.1) is 0 Å². The Balaban J connectivity index is 1.64. The van der Waals surface area contributed by atoms with Crippen LogP contribution >= 0.6 is 0 Å². The summed E-state index contributed by atoms with van der Waals surface area (Å²) in [5.41, 5.74) is 4.82. The molecular formula is C23H23N3O6S. The number of ether oxygens (including phenoxy) is 2. The third-order valence-electron chi connectivity index (χ3n) is 4.48. The molecule has 0 bridgehead atoms. The van der Waals surface area contributed by atoms with E-state index in [2.05, 4.69) is 15.6 Å². The number of methoxy groups -OCH3 is 1. The van der Waals surface area contributed by atoms with E-state index in [1.165, 1.54) is 38.3 Å². The summed E-state index contributed by atoms with van der Waals surface area (Å²) in [5.74, 6) is -0.408. The van der Waals surface area contributed by atoms with Crippen molar-refractivity contribution in [3.8, 4) is 11.5 Å². The Labute approximate surface area is 191 Å². The van der Waals surface area contributed by atoms with E-state index in [1.54, 1.807) is 48.5 Å². The molecule has 0 radical (unpaired) electrons. The number of nitrogens with one attached hydrogen (secondary N) is 3. The molecule has 0 aliphatic heterocycles. The van der Waals surface area contributed by atoms with Crippen LogP contribution in [-0.2, 0) is 14.8 Å². The highest BCUT2D eigenvalue weighted by Crippen LogP contribution is 2.26. The van der Waals surface area contributed by atoms with Crippen molar-refractivity contribution in [1.82, 2.24) is 10.9 Å². The largest absolute Gasteiger partial charge is 0.495 e. The van der Waals surface area contributed by atoms with Crippen LogP contribution < -0.4 is 25.0 Å². The molecule has 0 aliphatic rings. The van der Waals surface area contributed by atoms with Gasteiger partial charge in [0.1, 0.15) is 11.5 Å². The molecule has 2 amide bonds. The lowest BCUT2D eigenvalue weighted by molar-refractivity contribution is -0.128. The maximum Gasteiger partial charge on any atom is 0.279 e. The second-order valence-corrected chi connectivity index (χ2v) is 8.53. The molecule has 0 saturated carbocycles. The second-order valence-electron chi connectivity index (χ2n) is 6.85. The SMILES string of the molecule is COc1ccccc1NS(=O)(=O)c1cccc(C(=O)NNC(=O)C(C)Oc2ccccc2)c1. The molecule has 172 valence electrons. The highest BCUT2D eigenvalue weighted by Gasteiger charge is 2.19. The topological polar surface area (TPSA) is 123 Å². The van der Waals surface area contributed by atoms with Crippen LogP contribution in [0.2, 0.25) is 0 Å². The molecule has 9 nitrogen and oxygen atoms in total. The summed E-state index contributed by atoms with van der Waals surface area (Å²) in [6.07, 6.45) is -0.871. The quantitative estimate of drug-likeness (QED) is 0.436. The predicted molar refractivity (Wildman–Crippen MR) is 122 cm³/mol. The summed E-state index contributed by atoms with van der Waals surface area (Å²) in [5, 5.41) is 0.